The maximum absolute atomic E-state index is 13.5. The molecule has 0 radical (unpaired) electrons. The van der Waals surface area contributed by atoms with Crippen LogP contribution in [0.2, 0.25) is 0 Å². The van der Waals surface area contributed by atoms with Gasteiger partial charge in [-0.2, -0.15) is 0 Å². The van der Waals surface area contributed by atoms with Gasteiger partial charge in [0.25, 0.3) is 0 Å². The van der Waals surface area contributed by atoms with Crippen LogP contribution in [0.5, 0.6) is 0 Å². The van der Waals surface area contributed by atoms with Gasteiger partial charge >= 0.3 is 6.03 Å². The summed E-state index contributed by atoms with van der Waals surface area (Å²) < 4.78 is 14.2. The smallest absolute Gasteiger partial charge is 0.315 e. The van der Waals surface area contributed by atoms with Crippen molar-refractivity contribution >= 4 is 22.0 Å². The van der Waals surface area contributed by atoms with Crippen LogP contribution in [0.15, 0.2) is 22.7 Å². The number of nitrogens with one attached hydrogen (secondary N) is 2. The Morgan fingerprint density at radius 2 is 2.10 bits per heavy atom. The zero-order valence-electron chi connectivity index (χ0n) is 11.6. The number of hydrogen-bond acceptors (Lipinski definition) is 2. The Morgan fingerprint density at radius 3 is 2.75 bits per heavy atom. The first-order valence-electron chi connectivity index (χ1n) is 6.52. The quantitative estimate of drug-likeness (QED) is 0.741. The number of rotatable bonds is 6. The Morgan fingerprint density at radius 1 is 1.40 bits per heavy atom. The largest absolute Gasteiger partial charge is 0.393 e. The van der Waals surface area contributed by atoms with Crippen molar-refractivity contribution in [2.75, 3.05) is 6.54 Å². The number of carbonyl (C=O) groups is 1. The van der Waals surface area contributed by atoms with Crippen molar-refractivity contribution in [1.29, 1.82) is 0 Å². The maximum atomic E-state index is 13.5. The first-order valence-corrected chi connectivity index (χ1v) is 7.31. The number of aliphatic hydroxyl groups excluding tert-OH is 1. The van der Waals surface area contributed by atoms with Crippen LogP contribution in [0.25, 0.3) is 0 Å². The lowest BCUT2D eigenvalue weighted by atomic mass is 10.1. The van der Waals surface area contributed by atoms with E-state index in [0.717, 1.165) is 4.47 Å². The average Bonchev–Trinajstić information content (AvgIpc) is 2.36. The molecule has 0 heterocycles. The Kier molecular flexibility index (Phi) is 6.95. The Balaban J connectivity index is 2.34. The second-order valence-corrected chi connectivity index (χ2v) is 5.90. The fourth-order valence-corrected chi connectivity index (χ4v) is 2.26. The molecule has 0 saturated heterocycles. The highest BCUT2D eigenvalue weighted by Gasteiger charge is 2.09. The lowest BCUT2D eigenvalue weighted by Gasteiger charge is -2.14. The molecule has 1 rings (SSSR count). The summed E-state index contributed by atoms with van der Waals surface area (Å²) >= 11 is 3.26. The van der Waals surface area contributed by atoms with Crippen LogP contribution in [0, 0.1) is 11.7 Å². The fraction of sp³-hybridized carbons (Fsp3) is 0.500. The van der Waals surface area contributed by atoms with Crippen molar-refractivity contribution in [3.63, 3.8) is 0 Å². The number of benzene rings is 1. The second-order valence-electron chi connectivity index (χ2n) is 4.99. The third-order valence-electron chi connectivity index (χ3n) is 2.80. The molecule has 0 aromatic heterocycles. The van der Waals surface area contributed by atoms with Gasteiger partial charge in [0.1, 0.15) is 5.82 Å². The molecule has 2 unspecified atom stereocenters. The molecule has 2 amide bonds. The summed E-state index contributed by atoms with van der Waals surface area (Å²) in [5.41, 5.74) is 0.423. The van der Waals surface area contributed by atoms with Crippen LogP contribution in [0.3, 0.4) is 0 Å². The van der Waals surface area contributed by atoms with E-state index in [1.807, 2.05) is 6.92 Å². The minimum absolute atomic E-state index is 0.127. The molecule has 20 heavy (non-hydrogen) atoms. The predicted octanol–water partition coefficient (Wildman–Crippen LogP) is 2.79. The van der Waals surface area contributed by atoms with E-state index in [-0.39, 0.29) is 30.4 Å². The van der Waals surface area contributed by atoms with Crippen molar-refractivity contribution in [2.24, 2.45) is 5.92 Å². The highest BCUT2D eigenvalue weighted by atomic mass is 79.9. The molecule has 1 aromatic rings. The summed E-state index contributed by atoms with van der Waals surface area (Å²) in [5.74, 6) is -0.167. The standard InChI is InChI=1S/C14H20BrFN2O2/c1-9(5-10(2)19)7-17-14(20)18-8-11-6-12(15)3-4-13(11)16/h3-4,6,9-10,19H,5,7-8H2,1-2H3,(H2,17,18,20). The van der Waals surface area contributed by atoms with Crippen LogP contribution in [-0.4, -0.2) is 23.8 Å². The summed E-state index contributed by atoms with van der Waals surface area (Å²) in [6.07, 6.45) is 0.242. The fourth-order valence-electron chi connectivity index (χ4n) is 1.85. The topological polar surface area (TPSA) is 61.4 Å². The van der Waals surface area contributed by atoms with E-state index in [1.165, 1.54) is 6.07 Å². The van der Waals surface area contributed by atoms with E-state index in [2.05, 4.69) is 26.6 Å². The summed E-state index contributed by atoms with van der Waals surface area (Å²) in [6.45, 7) is 4.26. The van der Waals surface area contributed by atoms with Gasteiger partial charge in [0.2, 0.25) is 0 Å². The molecule has 6 heteroatoms. The Labute approximate surface area is 126 Å². The Hall–Kier alpha value is -1.14. The van der Waals surface area contributed by atoms with E-state index in [0.29, 0.717) is 18.5 Å². The van der Waals surface area contributed by atoms with Crippen molar-refractivity contribution in [1.82, 2.24) is 10.6 Å². The molecule has 0 bridgehead atoms. The zero-order chi connectivity index (χ0) is 15.1. The number of aliphatic hydroxyl groups is 1. The summed E-state index contributed by atoms with van der Waals surface area (Å²) in [7, 11) is 0. The number of urea groups is 1. The molecular formula is C14H20BrFN2O2. The lowest BCUT2D eigenvalue weighted by molar-refractivity contribution is 0.163. The zero-order valence-corrected chi connectivity index (χ0v) is 13.2. The molecule has 4 nitrogen and oxygen atoms in total. The van der Waals surface area contributed by atoms with Crippen LogP contribution >= 0.6 is 15.9 Å². The highest BCUT2D eigenvalue weighted by Crippen LogP contribution is 2.15. The molecule has 1 aromatic carbocycles. The minimum Gasteiger partial charge on any atom is -0.393 e. The minimum atomic E-state index is -0.384. The van der Waals surface area contributed by atoms with Gasteiger partial charge in [0.05, 0.1) is 6.10 Å². The van der Waals surface area contributed by atoms with Gasteiger partial charge < -0.3 is 15.7 Å². The number of amides is 2. The lowest BCUT2D eigenvalue weighted by Crippen LogP contribution is -2.38. The summed E-state index contributed by atoms with van der Waals surface area (Å²) in [6, 6.07) is 4.24. The Bertz CT molecular complexity index is 455. The normalized spacial score (nSPS) is 13.7. The third-order valence-corrected chi connectivity index (χ3v) is 3.29. The van der Waals surface area contributed by atoms with Crippen molar-refractivity contribution in [2.45, 2.75) is 32.9 Å². The molecule has 112 valence electrons. The van der Waals surface area contributed by atoms with Crippen LogP contribution in [0.1, 0.15) is 25.8 Å². The van der Waals surface area contributed by atoms with Crippen LogP contribution < -0.4 is 10.6 Å². The van der Waals surface area contributed by atoms with Gasteiger partial charge in [-0.1, -0.05) is 22.9 Å². The summed E-state index contributed by atoms with van der Waals surface area (Å²) in [4.78, 5) is 11.6. The van der Waals surface area contributed by atoms with E-state index >= 15 is 0 Å². The molecule has 0 aliphatic heterocycles. The van der Waals surface area contributed by atoms with Gasteiger partial charge in [0, 0.05) is 23.1 Å². The van der Waals surface area contributed by atoms with Crippen molar-refractivity contribution < 1.29 is 14.3 Å². The molecule has 3 N–H and O–H groups in total. The monoisotopic (exact) mass is 346 g/mol. The van der Waals surface area contributed by atoms with Gasteiger partial charge in [-0.3, -0.25) is 0 Å². The van der Waals surface area contributed by atoms with Gasteiger partial charge in [-0.25, -0.2) is 9.18 Å². The molecule has 0 spiro atoms. The molecule has 0 aliphatic rings. The third kappa shape index (κ3) is 6.34. The SMILES string of the molecule is CC(O)CC(C)CNC(=O)NCc1cc(Br)ccc1F. The van der Waals surface area contributed by atoms with Crippen molar-refractivity contribution in [3.8, 4) is 0 Å². The first kappa shape index (κ1) is 16.9. The van der Waals surface area contributed by atoms with Crippen LogP contribution in [0.4, 0.5) is 9.18 Å². The van der Waals surface area contributed by atoms with E-state index in [4.69, 9.17) is 0 Å². The number of hydrogen-bond donors (Lipinski definition) is 3. The summed E-state index contributed by atoms with van der Waals surface area (Å²) in [5, 5.41) is 14.5. The highest BCUT2D eigenvalue weighted by molar-refractivity contribution is 9.10. The van der Waals surface area contributed by atoms with E-state index in [1.54, 1.807) is 19.1 Å². The van der Waals surface area contributed by atoms with Gasteiger partial charge in [-0.05, 0) is 37.5 Å². The van der Waals surface area contributed by atoms with E-state index in [9.17, 15) is 14.3 Å². The molecule has 2 atom stereocenters. The first-order chi connectivity index (χ1) is 9.38. The van der Waals surface area contributed by atoms with Gasteiger partial charge in [0.15, 0.2) is 0 Å². The van der Waals surface area contributed by atoms with Crippen molar-refractivity contribution in [3.05, 3.63) is 34.1 Å². The molecule has 0 saturated carbocycles. The van der Waals surface area contributed by atoms with Gasteiger partial charge in [-0.15, -0.1) is 0 Å². The molecular weight excluding hydrogens is 327 g/mol. The van der Waals surface area contributed by atoms with E-state index < -0.39 is 0 Å². The number of halogens is 2. The molecule has 0 fully saturated rings. The maximum Gasteiger partial charge on any atom is 0.315 e. The number of carbonyl (C=O) groups excluding carboxylic acids is 1. The molecule has 0 aliphatic carbocycles. The second kappa shape index (κ2) is 8.21. The van der Waals surface area contributed by atoms with Crippen LogP contribution in [-0.2, 0) is 6.54 Å². The average molecular weight is 347 g/mol. The predicted molar refractivity (Wildman–Crippen MR) is 79.8 cm³/mol.